The molecule has 3 nitrogen and oxygen atoms in total. The molecule has 0 aromatic rings. The highest BCUT2D eigenvalue weighted by atomic mass is 16.2. The van der Waals surface area contributed by atoms with Gasteiger partial charge < -0.3 is 10.2 Å². The van der Waals surface area contributed by atoms with Gasteiger partial charge in [-0.05, 0) is 18.8 Å². The summed E-state index contributed by atoms with van der Waals surface area (Å²) in [6.07, 6.45) is 2.36. The van der Waals surface area contributed by atoms with Crippen molar-refractivity contribution in [2.75, 3.05) is 13.1 Å². The van der Waals surface area contributed by atoms with Gasteiger partial charge in [-0.2, -0.15) is 0 Å². The maximum Gasteiger partial charge on any atom is 0.226 e. The molecule has 3 aliphatic rings. The molecule has 1 amide bonds. The number of fused-ring (bicyclic) bond motifs is 2. The number of carbonyl (C=O) groups excluding carboxylic acids is 1. The molecule has 2 saturated heterocycles. The van der Waals surface area contributed by atoms with Crippen molar-refractivity contribution >= 4 is 5.91 Å². The Morgan fingerprint density at radius 3 is 2.38 bits per heavy atom. The summed E-state index contributed by atoms with van der Waals surface area (Å²) in [5, 5.41) is 3.35. The Hall–Kier alpha value is -0.570. The van der Waals surface area contributed by atoms with E-state index in [0.717, 1.165) is 19.5 Å². The molecule has 2 aliphatic heterocycles. The van der Waals surface area contributed by atoms with Gasteiger partial charge in [-0.1, -0.05) is 6.92 Å². The van der Waals surface area contributed by atoms with Crippen molar-refractivity contribution < 1.29 is 4.79 Å². The number of carbonyl (C=O) groups is 1. The lowest BCUT2D eigenvalue weighted by Crippen LogP contribution is -2.69. The van der Waals surface area contributed by atoms with Gasteiger partial charge >= 0.3 is 0 Å². The Morgan fingerprint density at radius 2 is 1.92 bits per heavy atom. The molecule has 4 atom stereocenters. The minimum absolute atomic E-state index is 0.378. The summed E-state index contributed by atoms with van der Waals surface area (Å²) in [6, 6.07) is 1.05. The topological polar surface area (TPSA) is 32.3 Å². The third kappa shape index (κ3) is 1.03. The van der Waals surface area contributed by atoms with Gasteiger partial charge in [-0.25, -0.2) is 0 Å². The number of rotatable bonds is 1. The first-order chi connectivity index (χ1) is 6.27. The monoisotopic (exact) mass is 180 g/mol. The standard InChI is InChI=1S/C10H16N2O/c1-6-2-9(6)10(13)12-7-3-8(12)5-11-4-7/h6-9,11H,2-5H2,1H3/t6-,7-,8+,9+/m0/s1. The molecular formula is C10H16N2O. The van der Waals surface area contributed by atoms with Gasteiger partial charge in [0.25, 0.3) is 0 Å². The van der Waals surface area contributed by atoms with Crippen LogP contribution >= 0.6 is 0 Å². The maximum atomic E-state index is 11.9. The highest BCUT2D eigenvalue weighted by Gasteiger charge is 2.50. The third-order valence-corrected chi connectivity index (χ3v) is 3.77. The van der Waals surface area contributed by atoms with E-state index in [1.807, 2.05) is 0 Å². The van der Waals surface area contributed by atoms with Crippen LogP contribution in [0.15, 0.2) is 0 Å². The highest BCUT2D eigenvalue weighted by Crippen LogP contribution is 2.42. The van der Waals surface area contributed by atoms with Crippen molar-refractivity contribution in [3.8, 4) is 0 Å². The van der Waals surface area contributed by atoms with Crippen molar-refractivity contribution in [2.45, 2.75) is 31.8 Å². The number of nitrogens with one attached hydrogen (secondary N) is 1. The van der Waals surface area contributed by atoms with Gasteiger partial charge in [-0.3, -0.25) is 4.79 Å². The number of piperidine rings is 1. The number of hydrogen-bond donors (Lipinski definition) is 1. The van der Waals surface area contributed by atoms with Crippen LogP contribution in [0, 0.1) is 11.8 Å². The Morgan fingerprint density at radius 1 is 1.31 bits per heavy atom. The molecule has 3 fully saturated rings. The summed E-state index contributed by atoms with van der Waals surface area (Å²) in [5.74, 6) is 1.47. The lowest BCUT2D eigenvalue weighted by Gasteiger charge is -2.53. The van der Waals surface area contributed by atoms with E-state index >= 15 is 0 Å². The Balaban J connectivity index is 1.69. The second-order valence-electron chi connectivity index (χ2n) is 4.77. The zero-order valence-corrected chi connectivity index (χ0v) is 7.99. The van der Waals surface area contributed by atoms with Gasteiger partial charge in [0.2, 0.25) is 5.91 Å². The highest BCUT2D eigenvalue weighted by molar-refractivity contribution is 5.83. The van der Waals surface area contributed by atoms with E-state index < -0.39 is 0 Å². The van der Waals surface area contributed by atoms with E-state index in [1.165, 1.54) is 6.42 Å². The zero-order chi connectivity index (χ0) is 9.00. The van der Waals surface area contributed by atoms with Crippen LogP contribution in [-0.4, -0.2) is 36.0 Å². The first-order valence-corrected chi connectivity index (χ1v) is 5.30. The fourth-order valence-corrected chi connectivity index (χ4v) is 2.70. The van der Waals surface area contributed by atoms with Crippen LogP contribution in [0.25, 0.3) is 0 Å². The number of piperazine rings is 1. The van der Waals surface area contributed by atoms with Gasteiger partial charge in [0.15, 0.2) is 0 Å². The van der Waals surface area contributed by atoms with Crippen molar-refractivity contribution in [1.82, 2.24) is 10.2 Å². The summed E-state index contributed by atoms with van der Waals surface area (Å²) in [6.45, 7) is 4.21. The fourth-order valence-electron chi connectivity index (χ4n) is 2.70. The predicted octanol–water partition coefficient (Wildman–Crippen LogP) is 0.215. The minimum atomic E-state index is 0.378. The Kier molecular flexibility index (Phi) is 1.48. The molecule has 0 spiro atoms. The van der Waals surface area contributed by atoms with E-state index in [1.54, 1.807) is 0 Å². The quantitative estimate of drug-likeness (QED) is 0.626. The summed E-state index contributed by atoms with van der Waals surface area (Å²) in [7, 11) is 0. The van der Waals surface area contributed by atoms with Crippen LogP contribution < -0.4 is 5.32 Å². The smallest absolute Gasteiger partial charge is 0.226 e. The molecule has 2 bridgehead atoms. The third-order valence-electron chi connectivity index (χ3n) is 3.77. The molecular weight excluding hydrogens is 164 g/mol. The molecule has 1 N–H and O–H groups in total. The first kappa shape index (κ1) is 7.80. The van der Waals surface area contributed by atoms with Gasteiger partial charge in [0.1, 0.15) is 0 Å². The van der Waals surface area contributed by atoms with Crippen LogP contribution in [0.4, 0.5) is 0 Å². The van der Waals surface area contributed by atoms with Gasteiger partial charge in [0, 0.05) is 31.1 Å². The lowest BCUT2D eigenvalue weighted by molar-refractivity contribution is -0.149. The van der Waals surface area contributed by atoms with E-state index in [9.17, 15) is 4.79 Å². The molecule has 0 aromatic heterocycles. The van der Waals surface area contributed by atoms with E-state index in [0.29, 0.717) is 29.8 Å². The largest absolute Gasteiger partial charge is 0.334 e. The average molecular weight is 180 g/mol. The van der Waals surface area contributed by atoms with Gasteiger partial charge in [-0.15, -0.1) is 0 Å². The van der Waals surface area contributed by atoms with Crippen molar-refractivity contribution in [3.05, 3.63) is 0 Å². The summed E-state index contributed by atoms with van der Waals surface area (Å²) < 4.78 is 0. The molecule has 13 heavy (non-hydrogen) atoms. The molecule has 0 radical (unpaired) electrons. The summed E-state index contributed by atoms with van der Waals surface area (Å²) in [5.41, 5.74) is 0. The molecule has 1 saturated carbocycles. The normalized spacial score (nSPS) is 47.0. The molecule has 2 heterocycles. The fraction of sp³-hybridized carbons (Fsp3) is 0.900. The van der Waals surface area contributed by atoms with E-state index in [4.69, 9.17) is 0 Å². The van der Waals surface area contributed by atoms with Crippen molar-refractivity contribution in [3.63, 3.8) is 0 Å². The zero-order valence-electron chi connectivity index (χ0n) is 7.99. The minimum Gasteiger partial charge on any atom is -0.334 e. The maximum absolute atomic E-state index is 11.9. The van der Waals surface area contributed by atoms with E-state index in [2.05, 4.69) is 17.1 Å². The molecule has 0 aromatic carbocycles. The molecule has 0 unspecified atom stereocenters. The van der Waals surface area contributed by atoms with Crippen LogP contribution in [0.1, 0.15) is 19.8 Å². The second kappa shape index (κ2) is 2.47. The Bertz CT molecular complexity index is 239. The lowest BCUT2D eigenvalue weighted by atomic mass is 9.88. The van der Waals surface area contributed by atoms with Crippen LogP contribution in [0.5, 0.6) is 0 Å². The van der Waals surface area contributed by atoms with Gasteiger partial charge in [0.05, 0.1) is 0 Å². The molecule has 72 valence electrons. The predicted molar refractivity (Wildman–Crippen MR) is 49.2 cm³/mol. The van der Waals surface area contributed by atoms with Crippen LogP contribution in [0.2, 0.25) is 0 Å². The number of amides is 1. The SMILES string of the molecule is C[C@H]1C[C@H]1C(=O)N1[C@@H]2CNC[C@H]1C2. The number of hydrogen-bond acceptors (Lipinski definition) is 2. The second-order valence-corrected chi connectivity index (χ2v) is 4.77. The summed E-state index contributed by atoms with van der Waals surface area (Å²) in [4.78, 5) is 14.1. The van der Waals surface area contributed by atoms with Crippen molar-refractivity contribution in [2.24, 2.45) is 11.8 Å². The number of nitrogens with zero attached hydrogens (tertiary/aromatic N) is 1. The Labute approximate surface area is 78.5 Å². The molecule has 3 rings (SSSR count). The van der Waals surface area contributed by atoms with Crippen LogP contribution in [-0.2, 0) is 4.79 Å². The van der Waals surface area contributed by atoms with Crippen LogP contribution in [0.3, 0.4) is 0 Å². The molecule has 1 aliphatic carbocycles. The molecule has 3 heteroatoms. The van der Waals surface area contributed by atoms with Crippen molar-refractivity contribution in [1.29, 1.82) is 0 Å². The average Bonchev–Trinajstić information content (AvgIpc) is 2.84. The summed E-state index contributed by atoms with van der Waals surface area (Å²) >= 11 is 0. The van der Waals surface area contributed by atoms with E-state index in [-0.39, 0.29) is 0 Å². The first-order valence-electron chi connectivity index (χ1n) is 5.30.